The number of hydrogen-bond donors (Lipinski definition) is 2. The van der Waals surface area contributed by atoms with E-state index in [1.54, 1.807) is 24.5 Å². The second kappa shape index (κ2) is 11.2. The highest BCUT2D eigenvalue weighted by Crippen LogP contribution is 2.30. The summed E-state index contributed by atoms with van der Waals surface area (Å²) in [5.74, 6) is -2.07. The number of amides is 1. The number of hydrogen-bond acceptors (Lipinski definition) is 3. The molecule has 1 rings (SSSR count). The van der Waals surface area contributed by atoms with Crippen LogP contribution in [-0.4, -0.2) is 22.0 Å². The highest BCUT2D eigenvalue weighted by Gasteiger charge is 2.31. The molecule has 26 heavy (non-hydrogen) atoms. The largest absolute Gasteiger partial charge is 0.481 e. The third-order valence-corrected chi connectivity index (χ3v) is 4.64. The molecule has 0 aliphatic heterocycles. The molecule has 1 aromatic heterocycles. The molecule has 5 nitrogen and oxygen atoms in total. The van der Waals surface area contributed by atoms with Gasteiger partial charge in [0.05, 0.1) is 12.3 Å². The van der Waals surface area contributed by atoms with Crippen LogP contribution >= 0.6 is 0 Å². The van der Waals surface area contributed by atoms with Crippen molar-refractivity contribution in [2.45, 2.75) is 52.9 Å². The molecular weight excluding hydrogens is 328 g/mol. The first-order valence-corrected chi connectivity index (χ1v) is 9.14. The first-order valence-electron chi connectivity index (χ1n) is 9.14. The SMILES string of the molecule is C=C(CCC=C(C)CC)C(CC)C(CC(=O)O)C(=O)Nc1ccncc1. The maximum absolute atomic E-state index is 12.7. The number of carboxylic acids is 1. The van der Waals surface area contributed by atoms with Crippen LogP contribution in [0.4, 0.5) is 5.69 Å². The first-order chi connectivity index (χ1) is 12.4. The van der Waals surface area contributed by atoms with Gasteiger partial charge in [0.2, 0.25) is 5.91 Å². The van der Waals surface area contributed by atoms with Gasteiger partial charge in [0, 0.05) is 18.1 Å². The van der Waals surface area contributed by atoms with Crippen molar-refractivity contribution in [3.8, 4) is 0 Å². The summed E-state index contributed by atoms with van der Waals surface area (Å²) in [5.41, 5.74) is 2.87. The standard InChI is InChI=1S/C21H30N2O3/c1-5-15(3)8-7-9-16(4)18(6-2)19(14-20(24)25)21(26)23-17-10-12-22-13-11-17/h8,10-13,18-19H,4-7,9,14H2,1-3H3,(H,24,25)(H,22,23,26). The van der Waals surface area contributed by atoms with E-state index in [4.69, 9.17) is 0 Å². The maximum Gasteiger partial charge on any atom is 0.304 e. The van der Waals surface area contributed by atoms with Gasteiger partial charge in [-0.25, -0.2) is 0 Å². The second-order valence-electron chi connectivity index (χ2n) is 6.55. The van der Waals surface area contributed by atoms with Crippen LogP contribution in [0.1, 0.15) is 52.9 Å². The first kappa shape index (κ1) is 21.6. The van der Waals surface area contributed by atoms with Gasteiger partial charge < -0.3 is 10.4 Å². The van der Waals surface area contributed by atoms with Gasteiger partial charge in [-0.15, -0.1) is 0 Å². The van der Waals surface area contributed by atoms with Crippen LogP contribution in [0.15, 0.2) is 48.3 Å². The summed E-state index contributed by atoms with van der Waals surface area (Å²) < 4.78 is 0. The molecule has 0 radical (unpaired) electrons. The van der Waals surface area contributed by atoms with Crippen molar-refractivity contribution in [2.24, 2.45) is 11.8 Å². The van der Waals surface area contributed by atoms with Gasteiger partial charge in [0.25, 0.3) is 0 Å². The summed E-state index contributed by atoms with van der Waals surface area (Å²) in [6.45, 7) is 10.3. The van der Waals surface area contributed by atoms with Gasteiger partial charge in [-0.2, -0.15) is 0 Å². The number of pyridine rings is 1. The Labute approximate surface area is 156 Å². The lowest BCUT2D eigenvalue weighted by atomic mass is 9.80. The van der Waals surface area contributed by atoms with Gasteiger partial charge in [0.15, 0.2) is 0 Å². The number of anilines is 1. The summed E-state index contributed by atoms with van der Waals surface area (Å²) in [6, 6.07) is 3.37. The Hall–Kier alpha value is -2.43. The number of carboxylic acid groups (broad SMARTS) is 1. The van der Waals surface area contributed by atoms with Gasteiger partial charge in [-0.3, -0.25) is 14.6 Å². The average Bonchev–Trinajstić information content (AvgIpc) is 2.61. The van der Waals surface area contributed by atoms with Crippen LogP contribution in [0.25, 0.3) is 0 Å². The molecule has 2 unspecified atom stereocenters. The highest BCUT2D eigenvalue weighted by molar-refractivity contribution is 5.94. The normalized spacial score (nSPS) is 13.7. The highest BCUT2D eigenvalue weighted by atomic mass is 16.4. The van der Waals surface area contributed by atoms with Gasteiger partial charge in [-0.1, -0.05) is 37.6 Å². The van der Waals surface area contributed by atoms with E-state index in [1.165, 1.54) is 5.57 Å². The zero-order valence-electron chi connectivity index (χ0n) is 16.0. The number of rotatable bonds is 11. The molecule has 0 aliphatic rings. The van der Waals surface area contributed by atoms with E-state index in [1.807, 2.05) is 6.92 Å². The maximum atomic E-state index is 12.7. The van der Waals surface area contributed by atoms with Gasteiger partial charge in [-0.05, 0) is 50.7 Å². The zero-order valence-corrected chi connectivity index (χ0v) is 16.0. The van der Waals surface area contributed by atoms with E-state index in [0.717, 1.165) is 24.8 Å². The van der Waals surface area contributed by atoms with Crippen molar-refractivity contribution in [1.82, 2.24) is 4.98 Å². The molecule has 0 fully saturated rings. The molecule has 142 valence electrons. The minimum atomic E-state index is -0.979. The lowest BCUT2D eigenvalue weighted by Crippen LogP contribution is -2.32. The second-order valence-corrected chi connectivity index (χ2v) is 6.55. The molecular formula is C21H30N2O3. The van der Waals surface area contributed by atoms with Crippen LogP contribution in [0.3, 0.4) is 0 Å². The third-order valence-electron chi connectivity index (χ3n) is 4.64. The van der Waals surface area contributed by atoms with Crippen LogP contribution in [0, 0.1) is 11.8 Å². The Kier molecular flexibility index (Phi) is 9.34. The van der Waals surface area contributed by atoms with Crippen LogP contribution in [0.2, 0.25) is 0 Å². The van der Waals surface area contributed by atoms with Crippen LogP contribution in [0.5, 0.6) is 0 Å². The smallest absolute Gasteiger partial charge is 0.304 e. The molecule has 0 aromatic carbocycles. The quantitative estimate of drug-likeness (QED) is 0.555. The monoisotopic (exact) mass is 358 g/mol. The molecule has 0 saturated heterocycles. The Morgan fingerprint density at radius 1 is 1.27 bits per heavy atom. The number of nitrogens with zero attached hydrogens (tertiary/aromatic N) is 1. The van der Waals surface area contributed by atoms with E-state index >= 15 is 0 Å². The van der Waals surface area contributed by atoms with Crippen molar-refractivity contribution in [2.75, 3.05) is 5.32 Å². The third kappa shape index (κ3) is 7.21. The van der Waals surface area contributed by atoms with E-state index < -0.39 is 11.9 Å². The molecule has 5 heteroatoms. The van der Waals surface area contributed by atoms with E-state index in [-0.39, 0.29) is 18.2 Å². The molecule has 1 aromatic rings. The Balaban J connectivity index is 2.87. The number of carbonyl (C=O) groups excluding carboxylic acids is 1. The number of allylic oxidation sites excluding steroid dienone is 3. The molecule has 2 N–H and O–H groups in total. The topological polar surface area (TPSA) is 79.3 Å². The summed E-state index contributed by atoms with van der Waals surface area (Å²) in [6.07, 6.45) is 8.45. The lowest BCUT2D eigenvalue weighted by molar-refractivity contribution is -0.141. The van der Waals surface area contributed by atoms with Crippen molar-refractivity contribution in [1.29, 1.82) is 0 Å². The molecule has 2 atom stereocenters. The van der Waals surface area contributed by atoms with Crippen LogP contribution < -0.4 is 5.32 Å². The predicted octanol–water partition coefficient (Wildman–Crippen LogP) is 4.83. The van der Waals surface area contributed by atoms with E-state index in [2.05, 4.69) is 36.8 Å². The molecule has 1 amide bonds. The zero-order chi connectivity index (χ0) is 19.5. The predicted molar refractivity (Wildman–Crippen MR) is 105 cm³/mol. The molecule has 0 spiro atoms. The summed E-state index contributed by atoms with van der Waals surface area (Å²) in [7, 11) is 0. The van der Waals surface area contributed by atoms with E-state index in [9.17, 15) is 14.7 Å². The number of nitrogens with one attached hydrogen (secondary N) is 1. The fraction of sp³-hybridized carbons (Fsp3) is 0.476. The van der Waals surface area contributed by atoms with E-state index in [0.29, 0.717) is 12.1 Å². The summed E-state index contributed by atoms with van der Waals surface area (Å²) in [4.78, 5) is 28.0. The van der Waals surface area contributed by atoms with Crippen LogP contribution in [-0.2, 0) is 9.59 Å². The summed E-state index contributed by atoms with van der Waals surface area (Å²) in [5, 5.41) is 12.1. The lowest BCUT2D eigenvalue weighted by Gasteiger charge is -2.26. The molecule has 0 bridgehead atoms. The minimum absolute atomic E-state index is 0.164. The Morgan fingerprint density at radius 3 is 2.46 bits per heavy atom. The fourth-order valence-electron chi connectivity index (χ4n) is 2.97. The summed E-state index contributed by atoms with van der Waals surface area (Å²) >= 11 is 0. The minimum Gasteiger partial charge on any atom is -0.481 e. The fourth-order valence-corrected chi connectivity index (χ4v) is 2.97. The molecule has 0 aliphatic carbocycles. The van der Waals surface area contributed by atoms with Gasteiger partial charge in [0.1, 0.15) is 0 Å². The number of aliphatic carboxylic acids is 1. The van der Waals surface area contributed by atoms with Crippen molar-refractivity contribution >= 4 is 17.6 Å². The van der Waals surface area contributed by atoms with Crippen molar-refractivity contribution in [3.05, 3.63) is 48.3 Å². The molecule has 0 saturated carbocycles. The van der Waals surface area contributed by atoms with Crippen molar-refractivity contribution < 1.29 is 14.7 Å². The Bertz CT molecular complexity index is 638. The number of aromatic nitrogens is 1. The van der Waals surface area contributed by atoms with Crippen molar-refractivity contribution in [3.63, 3.8) is 0 Å². The number of carbonyl (C=O) groups is 2. The average molecular weight is 358 g/mol. The Morgan fingerprint density at radius 2 is 1.92 bits per heavy atom. The molecule has 1 heterocycles. The van der Waals surface area contributed by atoms with Gasteiger partial charge >= 0.3 is 5.97 Å².